The molecule has 98 valence electrons. The molecule has 0 aromatic heterocycles. The number of aliphatic hydroxyl groups excluding tert-OH is 1. The highest BCUT2D eigenvalue weighted by molar-refractivity contribution is 5.76. The van der Waals surface area contributed by atoms with Crippen molar-refractivity contribution in [3.63, 3.8) is 0 Å². The predicted octanol–water partition coefficient (Wildman–Crippen LogP) is 0.796. The maximum absolute atomic E-state index is 11.9. The van der Waals surface area contributed by atoms with Gasteiger partial charge in [-0.05, 0) is 57.5 Å². The van der Waals surface area contributed by atoms with E-state index in [9.17, 15) is 9.90 Å². The van der Waals surface area contributed by atoms with Crippen LogP contribution in [-0.2, 0) is 4.79 Å². The smallest absolute Gasteiger partial charge is 0.220 e. The number of carbonyl (C=O) groups is 1. The van der Waals surface area contributed by atoms with Crippen molar-refractivity contribution in [3.8, 4) is 0 Å². The third-order valence-corrected chi connectivity index (χ3v) is 3.94. The SMILES string of the molecule is O=C(CC1CCNCC1)NC1CCCC(O)C1. The number of nitrogens with one attached hydrogen (secondary N) is 2. The molecule has 2 fully saturated rings. The fourth-order valence-corrected chi connectivity index (χ4v) is 2.93. The van der Waals surface area contributed by atoms with Crippen LogP contribution in [-0.4, -0.2) is 36.2 Å². The summed E-state index contributed by atoms with van der Waals surface area (Å²) in [6.45, 7) is 2.08. The van der Waals surface area contributed by atoms with Crippen LogP contribution in [0.3, 0.4) is 0 Å². The van der Waals surface area contributed by atoms with Crippen LogP contribution in [0, 0.1) is 5.92 Å². The minimum Gasteiger partial charge on any atom is -0.393 e. The molecule has 1 aliphatic carbocycles. The summed E-state index contributed by atoms with van der Waals surface area (Å²) in [4.78, 5) is 11.9. The Kier molecular flexibility index (Phi) is 4.80. The van der Waals surface area contributed by atoms with E-state index >= 15 is 0 Å². The Hall–Kier alpha value is -0.610. The minimum absolute atomic E-state index is 0.177. The third kappa shape index (κ3) is 4.28. The van der Waals surface area contributed by atoms with E-state index in [-0.39, 0.29) is 18.1 Å². The molecule has 0 spiro atoms. The summed E-state index contributed by atoms with van der Waals surface area (Å²) in [6, 6.07) is 0.202. The summed E-state index contributed by atoms with van der Waals surface area (Å²) in [5.41, 5.74) is 0. The van der Waals surface area contributed by atoms with Crippen LogP contribution in [0.1, 0.15) is 44.9 Å². The molecule has 0 aromatic carbocycles. The first kappa shape index (κ1) is 12.8. The van der Waals surface area contributed by atoms with Crippen molar-refractivity contribution in [2.45, 2.75) is 57.1 Å². The first-order valence-corrected chi connectivity index (χ1v) is 6.92. The number of rotatable bonds is 3. The van der Waals surface area contributed by atoms with Crippen molar-refractivity contribution in [2.24, 2.45) is 5.92 Å². The van der Waals surface area contributed by atoms with Crippen LogP contribution >= 0.6 is 0 Å². The van der Waals surface area contributed by atoms with E-state index in [2.05, 4.69) is 10.6 Å². The summed E-state index contributed by atoms with van der Waals surface area (Å²) in [7, 11) is 0. The average Bonchev–Trinajstić information content (AvgIpc) is 2.30. The number of aliphatic hydroxyl groups is 1. The molecule has 0 radical (unpaired) electrons. The molecule has 17 heavy (non-hydrogen) atoms. The molecule has 4 nitrogen and oxygen atoms in total. The Labute approximate surface area is 103 Å². The minimum atomic E-state index is -0.215. The second-order valence-electron chi connectivity index (χ2n) is 5.48. The van der Waals surface area contributed by atoms with Crippen LogP contribution in [0.25, 0.3) is 0 Å². The molecule has 3 N–H and O–H groups in total. The second kappa shape index (κ2) is 6.36. The van der Waals surface area contributed by atoms with Crippen molar-refractivity contribution in [1.29, 1.82) is 0 Å². The lowest BCUT2D eigenvalue weighted by Gasteiger charge is -2.28. The van der Waals surface area contributed by atoms with E-state index < -0.39 is 0 Å². The van der Waals surface area contributed by atoms with Gasteiger partial charge in [0.1, 0.15) is 0 Å². The zero-order valence-corrected chi connectivity index (χ0v) is 10.5. The standard InChI is InChI=1S/C13H24N2O2/c16-12-3-1-2-11(9-12)15-13(17)8-10-4-6-14-7-5-10/h10-12,14,16H,1-9H2,(H,15,17). The molecule has 0 bridgehead atoms. The molecule has 2 aliphatic rings. The van der Waals surface area contributed by atoms with Crippen molar-refractivity contribution < 1.29 is 9.90 Å². The van der Waals surface area contributed by atoms with Crippen LogP contribution < -0.4 is 10.6 Å². The lowest BCUT2D eigenvalue weighted by molar-refractivity contribution is -0.123. The maximum atomic E-state index is 11.9. The highest BCUT2D eigenvalue weighted by atomic mass is 16.3. The molecule has 2 rings (SSSR count). The molecule has 0 aromatic rings. The van der Waals surface area contributed by atoms with Crippen LogP contribution in [0.2, 0.25) is 0 Å². The molecule has 1 saturated heterocycles. The van der Waals surface area contributed by atoms with Gasteiger partial charge in [0, 0.05) is 12.5 Å². The monoisotopic (exact) mass is 240 g/mol. The van der Waals surface area contributed by atoms with Gasteiger partial charge < -0.3 is 15.7 Å². The zero-order valence-electron chi connectivity index (χ0n) is 10.5. The number of hydrogen-bond acceptors (Lipinski definition) is 3. The largest absolute Gasteiger partial charge is 0.393 e. The van der Waals surface area contributed by atoms with E-state index in [1.165, 1.54) is 0 Å². The Morgan fingerprint density at radius 2 is 2.00 bits per heavy atom. The highest BCUT2D eigenvalue weighted by Crippen LogP contribution is 2.20. The van der Waals surface area contributed by atoms with Crippen LogP contribution in [0.5, 0.6) is 0 Å². The summed E-state index contributed by atoms with van der Waals surface area (Å²) in [6.07, 6.45) is 6.34. The van der Waals surface area contributed by atoms with E-state index in [1.54, 1.807) is 0 Å². The third-order valence-electron chi connectivity index (χ3n) is 3.94. The summed E-state index contributed by atoms with van der Waals surface area (Å²) in [5.74, 6) is 0.723. The summed E-state index contributed by atoms with van der Waals surface area (Å²) in [5, 5.41) is 15.9. The van der Waals surface area contributed by atoms with Gasteiger partial charge in [-0.25, -0.2) is 0 Å². The van der Waals surface area contributed by atoms with Crippen LogP contribution in [0.15, 0.2) is 0 Å². The first-order valence-electron chi connectivity index (χ1n) is 6.92. The second-order valence-corrected chi connectivity index (χ2v) is 5.48. The predicted molar refractivity (Wildman–Crippen MR) is 66.6 cm³/mol. The normalized spacial score (nSPS) is 31.1. The lowest BCUT2D eigenvalue weighted by Crippen LogP contribution is -2.41. The van der Waals surface area contributed by atoms with Crippen molar-refractivity contribution >= 4 is 5.91 Å². The van der Waals surface area contributed by atoms with Gasteiger partial charge in [-0.1, -0.05) is 0 Å². The highest BCUT2D eigenvalue weighted by Gasteiger charge is 2.23. The molecule has 2 unspecified atom stereocenters. The van der Waals surface area contributed by atoms with E-state index in [0.29, 0.717) is 12.3 Å². The van der Waals surface area contributed by atoms with Gasteiger partial charge in [0.15, 0.2) is 0 Å². The quantitative estimate of drug-likeness (QED) is 0.683. The molecule has 1 saturated carbocycles. The van der Waals surface area contributed by atoms with E-state index in [0.717, 1.165) is 51.6 Å². The zero-order chi connectivity index (χ0) is 12.1. The number of carbonyl (C=O) groups excluding carboxylic acids is 1. The van der Waals surface area contributed by atoms with Gasteiger partial charge in [0.2, 0.25) is 5.91 Å². The number of amides is 1. The van der Waals surface area contributed by atoms with E-state index in [4.69, 9.17) is 0 Å². The van der Waals surface area contributed by atoms with Gasteiger partial charge in [0.05, 0.1) is 6.10 Å². The summed E-state index contributed by atoms with van der Waals surface area (Å²) < 4.78 is 0. The molecular formula is C13H24N2O2. The van der Waals surface area contributed by atoms with Crippen molar-refractivity contribution in [3.05, 3.63) is 0 Å². The molecule has 2 atom stereocenters. The lowest BCUT2D eigenvalue weighted by atomic mass is 9.91. The Bertz CT molecular complexity index is 252. The molecule has 4 heteroatoms. The van der Waals surface area contributed by atoms with Gasteiger partial charge in [-0.3, -0.25) is 4.79 Å². The molecule has 1 heterocycles. The Morgan fingerprint density at radius 1 is 1.24 bits per heavy atom. The Morgan fingerprint density at radius 3 is 2.71 bits per heavy atom. The first-order chi connectivity index (χ1) is 8.24. The topological polar surface area (TPSA) is 61.4 Å². The van der Waals surface area contributed by atoms with Crippen LogP contribution in [0.4, 0.5) is 0 Å². The number of hydrogen-bond donors (Lipinski definition) is 3. The van der Waals surface area contributed by atoms with Gasteiger partial charge in [-0.2, -0.15) is 0 Å². The molecule has 1 aliphatic heterocycles. The summed E-state index contributed by atoms with van der Waals surface area (Å²) >= 11 is 0. The van der Waals surface area contributed by atoms with Crippen molar-refractivity contribution in [2.75, 3.05) is 13.1 Å². The molecular weight excluding hydrogens is 216 g/mol. The van der Waals surface area contributed by atoms with Crippen molar-refractivity contribution in [1.82, 2.24) is 10.6 Å². The molecule has 1 amide bonds. The van der Waals surface area contributed by atoms with E-state index in [1.807, 2.05) is 0 Å². The fraction of sp³-hybridized carbons (Fsp3) is 0.923. The van der Waals surface area contributed by atoms with Gasteiger partial charge >= 0.3 is 0 Å². The number of piperidine rings is 1. The Balaban J connectivity index is 1.68. The average molecular weight is 240 g/mol. The fourth-order valence-electron chi connectivity index (χ4n) is 2.93. The van der Waals surface area contributed by atoms with Gasteiger partial charge in [-0.15, -0.1) is 0 Å². The maximum Gasteiger partial charge on any atom is 0.220 e. The van der Waals surface area contributed by atoms with Gasteiger partial charge in [0.25, 0.3) is 0 Å².